The average molecular weight is 326 g/mol. The lowest BCUT2D eigenvalue weighted by Gasteiger charge is -2.41. The van der Waals surface area contributed by atoms with E-state index in [4.69, 9.17) is 19.1 Å². The SMILES string of the molecule is Cc1nnc([C@@]23N=N[C@@](c4nnc(C)o4)([C@H]4C[C@H]42)[C@H]2[C@@H]3C2(C)C)o1. The molecular weight excluding hydrogens is 308 g/mol. The van der Waals surface area contributed by atoms with E-state index < -0.39 is 11.1 Å². The summed E-state index contributed by atoms with van der Waals surface area (Å²) in [5, 5.41) is 26.4. The predicted molar refractivity (Wildman–Crippen MR) is 78.6 cm³/mol. The van der Waals surface area contributed by atoms with Gasteiger partial charge in [0.1, 0.15) is 0 Å². The molecule has 0 unspecified atom stereocenters. The van der Waals surface area contributed by atoms with Crippen LogP contribution in [0.4, 0.5) is 0 Å². The van der Waals surface area contributed by atoms with Gasteiger partial charge in [0.15, 0.2) is 11.1 Å². The van der Waals surface area contributed by atoms with Gasteiger partial charge in [0.25, 0.3) is 0 Å². The molecule has 24 heavy (non-hydrogen) atoms. The number of azo groups is 1. The second-order valence-electron chi connectivity index (χ2n) is 8.33. The lowest BCUT2D eigenvalue weighted by atomic mass is 9.71. The minimum atomic E-state index is -0.461. The van der Waals surface area contributed by atoms with E-state index in [0.29, 0.717) is 47.2 Å². The van der Waals surface area contributed by atoms with E-state index in [0.717, 1.165) is 6.42 Å². The maximum Gasteiger partial charge on any atom is 0.246 e. The summed E-state index contributed by atoms with van der Waals surface area (Å²) in [6, 6.07) is 0. The Morgan fingerprint density at radius 2 is 1.25 bits per heavy atom. The Kier molecular flexibility index (Phi) is 1.90. The van der Waals surface area contributed by atoms with Gasteiger partial charge in [-0.05, 0) is 11.8 Å². The Morgan fingerprint density at radius 3 is 1.62 bits per heavy atom. The van der Waals surface area contributed by atoms with Gasteiger partial charge in [0.05, 0.1) is 0 Å². The van der Waals surface area contributed by atoms with Crippen LogP contribution in [0.1, 0.15) is 43.8 Å². The smallest absolute Gasteiger partial charge is 0.246 e. The first-order valence-electron chi connectivity index (χ1n) is 8.47. The highest BCUT2D eigenvalue weighted by Crippen LogP contribution is 2.87. The molecule has 3 aliphatic carbocycles. The van der Waals surface area contributed by atoms with Crippen LogP contribution >= 0.6 is 0 Å². The molecule has 2 aliphatic heterocycles. The van der Waals surface area contributed by atoms with Crippen LogP contribution in [0.15, 0.2) is 19.1 Å². The van der Waals surface area contributed by atoms with Crippen LogP contribution in [0, 0.1) is 42.9 Å². The van der Waals surface area contributed by atoms with Crippen LogP contribution in [-0.2, 0) is 11.1 Å². The normalized spacial score (nSPS) is 45.8. The first-order chi connectivity index (χ1) is 11.4. The van der Waals surface area contributed by atoms with E-state index in [1.54, 1.807) is 0 Å². The zero-order valence-electron chi connectivity index (χ0n) is 14.0. The summed E-state index contributed by atoms with van der Waals surface area (Å²) < 4.78 is 11.7. The molecule has 0 spiro atoms. The molecule has 4 heterocycles. The van der Waals surface area contributed by atoms with Gasteiger partial charge in [-0.1, -0.05) is 13.8 Å². The number of nitrogens with zero attached hydrogens (tertiary/aromatic N) is 6. The zero-order valence-corrected chi connectivity index (χ0v) is 14.0. The summed E-state index contributed by atoms with van der Waals surface area (Å²) in [6.45, 7) is 8.20. The highest BCUT2D eigenvalue weighted by Gasteiger charge is 2.90. The third kappa shape index (κ3) is 1.14. The molecule has 0 saturated heterocycles. The van der Waals surface area contributed by atoms with E-state index in [9.17, 15) is 0 Å². The molecule has 2 bridgehead atoms. The molecule has 2 aromatic heterocycles. The van der Waals surface area contributed by atoms with Crippen molar-refractivity contribution in [2.45, 2.75) is 45.2 Å². The minimum absolute atomic E-state index is 0.0711. The van der Waals surface area contributed by atoms with Crippen molar-refractivity contribution in [2.24, 2.45) is 39.3 Å². The first-order valence-corrected chi connectivity index (χ1v) is 8.47. The van der Waals surface area contributed by atoms with Gasteiger partial charge in [-0.25, -0.2) is 0 Å². The molecule has 2 aromatic rings. The summed E-state index contributed by atoms with van der Waals surface area (Å²) in [5.74, 6) is 3.79. The fourth-order valence-corrected chi connectivity index (χ4v) is 5.93. The van der Waals surface area contributed by atoms with E-state index in [-0.39, 0.29) is 5.41 Å². The van der Waals surface area contributed by atoms with Gasteiger partial charge < -0.3 is 8.83 Å². The first kappa shape index (κ1) is 13.2. The van der Waals surface area contributed by atoms with Crippen molar-refractivity contribution in [3.63, 3.8) is 0 Å². The Balaban J connectivity index is 1.60. The second kappa shape index (κ2) is 3.45. The topological polar surface area (TPSA) is 103 Å². The molecule has 7 rings (SSSR count). The largest absolute Gasteiger partial charge is 0.423 e. The van der Waals surface area contributed by atoms with Crippen molar-refractivity contribution >= 4 is 0 Å². The van der Waals surface area contributed by atoms with Gasteiger partial charge in [-0.2, -0.15) is 10.2 Å². The van der Waals surface area contributed by atoms with Crippen LogP contribution in [0.25, 0.3) is 0 Å². The molecule has 8 heteroatoms. The summed E-state index contributed by atoms with van der Waals surface area (Å²) >= 11 is 0. The molecule has 124 valence electrons. The molecule has 0 amide bonds. The van der Waals surface area contributed by atoms with Crippen LogP contribution in [0.3, 0.4) is 0 Å². The van der Waals surface area contributed by atoms with Crippen molar-refractivity contribution in [2.75, 3.05) is 0 Å². The van der Waals surface area contributed by atoms with Crippen LogP contribution < -0.4 is 0 Å². The zero-order chi connectivity index (χ0) is 16.5. The summed E-state index contributed by atoms with van der Waals surface area (Å²) in [6.07, 6.45) is 1.04. The molecule has 6 atom stereocenters. The maximum atomic E-state index is 5.84. The standard InChI is InChI=1S/C16H18N6O2/c1-6-17-19-12(23-6)15-8-5-9(8)16(22-21-15,11-10(15)14(11,3)4)13-20-18-7(2)24-13/h8-11H,5H2,1-4H3/t8-,9+,10-,11+,15-,16+. The predicted octanol–water partition coefficient (Wildman–Crippen LogP) is 2.55. The molecule has 0 N–H and O–H groups in total. The molecule has 5 aliphatic rings. The molecule has 0 radical (unpaired) electrons. The molecular formula is C16H18N6O2. The minimum Gasteiger partial charge on any atom is -0.423 e. The van der Waals surface area contributed by atoms with Gasteiger partial charge in [-0.15, -0.1) is 20.4 Å². The number of hydrogen-bond acceptors (Lipinski definition) is 8. The van der Waals surface area contributed by atoms with Crippen molar-refractivity contribution in [3.8, 4) is 0 Å². The highest BCUT2D eigenvalue weighted by molar-refractivity contribution is 5.41. The number of rotatable bonds is 2. The lowest BCUT2D eigenvalue weighted by molar-refractivity contribution is 0.0693. The number of aryl methyl sites for hydroxylation is 2. The van der Waals surface area contributed by atoms with E-state index in [1.165, 1.54) is 0 Å². The van der Waals surface area contributed by atoms with Crippen molar-refractivity contribution in [3.05, 3.63) is 23.6 Å². The fraction of sp³-hybridized carbons (Fsp3) is 0.750. The van der Waals surface area contributed by atoms with E-state index in [2.05, 4.69) is 34.2 Å². The Labute approximate surface area is 138 Å². The molecule has 8 nitrogen and oxygen atoms in total. The fourth-order valence-electron chi connectivity index (χ4n) is 5.93. The summed E-state index contributed by atoms with van der Waals surface area (Å²) in [5.41, 5.74) is -0.852. The van der Waals surface area contributed by atoms with Crippen molar-refractivity contribution in [1.29, 1.82) is 0 Å². The quantitative estimate of drug-likeness (QED) is 0.840. The van der Waals surface area contributed by atoms with Gasteiger partial charge in [-0.3, -0.25) is 0 Å². The highest BCUT2D eigenvalue weighted by atomic mass is 16.4. The Hall–Kier alpha value is -2.12. The average Bonchev–Trinajstić information content (AvgIpc) is 3.35. The number of aromatic nitrogens is 4. The maximum absolute atomic E-state index is 5.84. The summed E-state index contributed by atoms with van der Waals surface area (Å²) in [7, 11) is 0. The number of hydrogen-bond donors (Lipinski definition) is 0. The lowest BCUT2D eigenvalue weighted by Crippen LogP contribution is -2.47. The van der Waals surface area contributed by atoms with E-state index >= 15 is 0 Å². The van der Waals surface area contributed by atoms with Crippen LogP contribution in [-0.4, -0.2) is 20.4 Å². The summed E-state index contributed by atoms with van der Waals surface area (Å²) in [4.78, 5) is 0. The molecule has 3 saturated carbocycles. The van der Waals surface area contributed by atoms with Crippen LogP contribution in [0.5, 0.6) is 0 Å². The molecule has 0 aromatic carbocycles. The Bertz CT molecular complexity index is 845. The second-order valence-corrected chi connectivity index (χ2v) is 8.33. The molecule has 3 fully saturated rings. The van der Waals surface area contributed by atoms with Gasteiger partial charge >= 0.3 is 0 Å². The monoisotopic (exact) mass is 326 g/mol. The van der Waals surface area contributed by atoms with E-state index in [1.807, 2.05) is 13.8 Å². The third-order valence-electron chi connectivity index (χ3n) is 6.81. The van der Waals surface area contributed by atoms with Crippen LogP contribution in [0.2, 0.25) is 0 Å². The van der Waals surface area contributed by atoms with Crippen molar-refractivity contribution in [1.82, 2.24) is 20.4 Å². The third-order valence-corrected chi connectivity index (χ3v) is 6.81. The van der Waals surface area contributed by atoms with Gasteiger partial charge in [0, 0.05) is 37.5 Å². The Morgan fingerprint density at radius 1 is 0.792 bits per heavy atom. The van der Waals surface area contributed by atoms with Gasteiger partial charge in [0.2, 0.25) is 23.6 Å². The van der Waals surface area contributed by atoms with Crippen molar-refractivity contribution < 1.29 is 8.83 Å².